The predicted molar refractivity (Wildman–Crippen MR) is 123 cm³/mol. The van der Waals surface area contributed by atoms with Gasteiger partial charge >= 0.3 is 0 Å². The van der Waals surface area contributed by atoms with Crippen molar-refractivity contribution in [2.45, 2.75) is 43.7 Å². The summed E-state index contributed by atoms with van der Waals surface area (Å²) in [6.07, 6.45) is 3.50. The first-order valence-corrected chi connectivity index (χ1v) is 13.1. The number of sulfonamides is 1. The number of nitrogens with one attached hydrogen (secondary N) is 1. The van der Waals surface area contributed by atoms with E-state index < -0.39 is 10.0 Å². The van der Waals surface area contributed by atoms with E-state index in [1.165, 1.54) is 17.5 Å². The average Bonchev–Trinajstić information content (AvgIpc) is 2.79. The zero-order valence-electron chi connectivity index (χ0n) is 18.3. The van der Waals surface area contributed by atoms with Crippen molar-refractivity contribution in [1.29, 1.82) is 0 Å². The van der Waals surface area contributed by atoms with Crippen LogP contribution in [0.15, 0.2) is 53.4 Å². The number of fused-ring (bicyclic) bond motifs is 4. The maximum atomic E-state index is 12.7. The van der Waals surface area contributed by atoms with Gasteiger partial charge in [-0.15, -0.1) is 0 Å². The zero-order valence-corrected chi connectivity index (χ0v) is 19.2. The second kappa shape index (κ2) is 8.66. The van der Waals surface area contributed by atoms with E-state index in [0.29, 0.717) is 29.3 Å². The van der Waals surface area contributed by atoms with Gasteiger partial charge in [-0.2, -0.15) is 0 Å². The molecule has 31 heavy (non-hydrogen) atoms. The minimum absolute atomic E-state index is 0.317. The molecule has 4 atom stereocenters. The SMILES string of the molecule is Cc1ccc(S(=O)(=O)NCC2CC3CCN2CC3CN2CCc3ccccc3C2)cc1. The minimum Gasteiger partial charge on any atom is -0.299 e. The van der Waals surface area contributed by atoms with E-state index in [1.807, 2.05) is 19.1 Å². The summed E-state index contributed by atoms with van der Waals surface area (Å²) < 4.78 is 28.2. The first-order valence-electron chi connectivity index (χ1n) is 11.6. The summed E-state index contributed by atoms with van der Waals surface area (Å²) in [4.78, 5) is 5.52. The van der Waals surface area contributed by atoms with Crippen molar-refractivity contribution >= 4 is 10.0 Å². The van der Waals surface area contributed by atoms with E-state index in [-0.39, 0.29) is 0 Å². The minimum atomic E-state index is -3.44. The van der Waals surface area contributed by atoms with Gasteiger partial charge in [0.1, 0.15) is 0 Å². The number of hydrogen-bond acceptors (Lipinski definition) is 4. The maximum absolute atomic E-state index is 12.7. The van der Waals surface area contributed by atoms with Gasteiger partial charge < -0.3 is 0 Å². The second-order valence-corrected chi connectivity index (χ2v) is 11.4. The van der Waals surface area contributed by atoms with Gasteiger partial charge in [-0.1, -0.05) is 42.0 Å². The van der Waals surface area contributed by atoms with Crippen LogP contribution < -0.4 is 4.72 Å². The van der Waals surface area contributed by atoms with Crippen LogP contribution in [0.25, 0.3) is 0 Å². The molecule has 4 heterocycles. The summed E-state index contributed by atoms with van der Waals surface area (Å²) in [5.41, 5.74) is 4.06. The average molecular weight is 440 g/mol. The van der Waals surface area contributed by atoms with Gasteiger partial charge in [0.2, 0.25) is 10.0 Å². The Hall–Kier alpha value is -1.73. The molecule has 2 bridgehead atoms. The van der Waals surface area contributed by atoms with E-state index in [1.54, 1.807) is 12.1 Å². The molecule has 0 saturated carbocycles. The summed E-state index contributed by atoms with van der Waals surface area (Å²) in [5.74, 6) is 1.40. The van der Waals surface area contributed by atoms with E-state index in [2.05, 4.69) is 38.8 Å². The van der Waals surface area contributed by atoms with Crippen LogP contribution in [0.4, 0.5) is 0 Å². The Morgan fingerprint density at radius 2 is 1.81 bits per heavy atom. The Labute approximate surface area is 186 Å². The van der Waals surface area contributed by atoms with Crippen LogP contribution in [0.3, 0.4) is 0 Å². The third-order valence-electron chi connectivity index (χ3n) is 7.56. The van der Waals surface area contributed by atoms with Gasteiger partial charge in [-0.05, 0) is 67.8 Å². The molecule has 3 fully saturated rings. The monoisotopic (exact) mass is 439 g/mol. The maximum Gasteiger partial charge on any atom is 0.240 e. The normalized spacial score (nSPS) is 28.4. The highest BCUT2D eigenvalue weighted by atomic mass is 32.2. The van der Waals surface area contributed by atoms with Crippen LogP contribution in [0.1, 0.15) is 29.5 Å². The Bertz CT molecular complexity index is 1020. The molecule has 2 aromatic carbocycles. The quantitative estimate of drug-likeness (QED) is 0.752. The summed E-state index contributed by atoms with van der Waals surface area (Å²) in [6.45, 7) is 8.06. The lowest BCUT2D eigenvalue weighted by atomic mass is 9.75. The molecule has 4 aliphatic rings. The number of benzene rings is 2. The van der Waals surface area contributed by atoms with Crippen LogP contribution in [0, 0.1) is 18.8 Å². The summed E-state index contributed by atoms with van der Waals surface area (Å²) in [5, 5.41) is 0. The lowest BCUT2D eigenvalue weighted by Crippen LogP contribution is -2.58. The zero-order chi connectivity index (χ0) is 21.4. The molecule has 3 saturated heterocycles. The summed E-state index contributed by atoms with van der Waals surface area (Å²) >= 11 is 0. The number of piperidine rings is 3. The first-order chi connectivity index (χ1) is 15.0. The largest absolute Gasteiger partial charge is 0.299 e. The van der Waals surface area contributed by atoms with Gasteiger partial charge in [-0.25, -0.2) is 13.1 Å². The van der Waals surface area contributed by atoms with Gasteiger partial charge in [0.15, 0.2) is 0 Å². The van der Waals surface area contributed by atoms with Crippen LogP contribution in [-0.4, -0.2) is 57.0 Å². The fourth-order valence-corrected chi connectivity index (χ4v) is 6.79. The topological polar surface area (TPSA) is 52.7 Å². The number of rotatable bonds is 6. The molecule has 5 nitrogen and oxygen atoms in total. The second-order valence-electron chi connectivity index (χ2n) is 9.61. The molecule has 6 rings (SSSR count). The van der Waals surface area contributed by atoms with E-state index in [4.69, 9.17) is 0 Å². The number of nitrogens with zero attached hydrogens (tertiary/aromatic N) is 2. The van der Waals surface area contributed by atoms with Crippen LogP contribution >= 0.6 is 0 Å². The molecule has 0 spiro atoms. The predicted octanol–water partition coefficient (Wildman–Crippen LogP) is 3.04. The molecular formula is C25H33N3O2S. The van der Waals surface area contributed by atoms with Crippen LogP contribution in [0.2, 0.25) is 0 Å². The van der Waals surface area contributed by atoms with E-state index in [9.17, 15) is 8.42 Å². The Balaban J connectivity index is 1.16. The highest BCUT2D eigenvalue weighted by Crippen LogP contribution is 2.37. The van der Waals surface area contributed by atoms with Gasteiger partial charge in [-0.3, -0.25) is 9.80 Å². The standard InChI is InChI=1S/C25H33N3O2S/c1-19-6-8-25(9-7-19)31(29,30)26-15-24-14-21-11-13-28(24)18-23(21)17-27-12-10-20-4-2-3-5-22(20)16-27/h2-9,21,23-24,26H,10-18H2,1H3. The summed E-state index contributed by atoms with van der Waals surface area (Å²) in [7, 11) is -3.44. The number of aryl methyl sites for hydroxylation is 1. The summed E-state index contributed by atoms with van der Waals surface area (Å²) in [6, 6.07) is 16.2. The third kappa shape index (κ3) is 4.58. The van der Waals surface area contributed by atoms with Gasteiger partial charge in [0, 0.05) is 38.8 Å². The first kappa shape index (κ1) is 21.1. The molecule has 166 valence electrons. The number of hydrogen-bond donors (Lipinski definition) is 1. The fraction of sp³-hybridized carbons (Fsp3) is 0.520. The van der Waals surface area contributed by atoms with E-state index >= 15 is 0 Å². The van der Waals surface area contributed by atoms with Crippen molar-refractivity contribution < 1.29 is 8.42 Å². The molecular weight excluding hydrogens is 406 g/mol. The molecule has 0 aromatic heterocycles. The molecule has 0 radical (unpaired) electrons. The third-order valence-corrected chi connectivity index (χ3v) is 9.00. The lowest BCUT2D eigenvalue weighted by molar-refractivity contribution is -0.0118. The molecule has 0 amide bonds. The van der Waals surface area contributed by atoms with Crippen molar-refractivity contribution in [1.82, 2.24) is 14.5 Å². The van der Waals surface area contributed by atoms with Crippen LogP contribution in [-0.2, 0) is 23.0 Å². The molecule has 6 heteroatoms. The highest BCUT2D eigenvalue weighted by molar-refractivity contribution is 7.89. The molecule has 1 N–H and O–H groups in total. The molecule has 2 aromatic rings. The van der Waals surface area contributed by atoms with Crippen molar-refractivity contribution in [2.75, 3.05) is 32.7 Å². The smallest absolute Gasteiger partial charge is 0.240 e. The molecule has 4 unspecified atom stereocenters. The van der Waals surface area contributed by atoms with Crippen LogP contribution in [0.5, 0.6) is 0 Å². The Morgan fingerprint density at radius 1 is 1.03 bits per heavy atom. The Kier molecular flexibility index (Phi) is 5.90. The van der Waals surface area contributed by atoms with Crippen molar-refractivity contribution in [2.24, 2.45) is 11.8 Å². The Morgan fingerprint density at radius 3 is 2.55 bits per heavy atom. The van der Waals surface area contributed by atoms with Crippen molar-refractivity contribution in [3.63, 3.8) is 0 Å². The van der Waals surface area contributed by atoms with E-state index in [0.717, 1.165) is 51.1 Å². The van der Waals surface area contributed by atoms with Gasteiger partial charge in [0.05, 0.1) is 4.90 Å². The van der Waals surface area contributed by atoms with Crippen molar-refractivity contribution in [3.8, 4) is 0 Å². The fourth-order valence-electron chi connectivity index (χ4n) is 5.72. The van der Waals surface area contributed by atoms with Gasteiger partial charge in [0.25, 0.3) is 0 Å². The molecule has 0 aliphatic carbocycles. The lowest BCUT2D eigenvalue weighted by Gasteiger charge is -2.51. The highest BCUT2D eigenvalue weighted by Gasteiger charge is 2.41. The van der Waals surface area contributed by atoms with Crippen molar-refractivity contribution in [3.05, 3.63) is 65.2 Å². The molecule has 4 aliphatic heterocycles.